The van der Waals surface area contributed by atoms with Crippen LogP contribution in [0.15, 0.2) is 54.6 Å². The highest BCUT2D eigenvalue weighted by molar-refractivity contribution is 7.80. The summed E-state index contributed by atoms with van der Waals surface area (Å²) in [7, 11) is 1.59. The molecule has 0 spiro atoms. The minimum atomic E-state index is -0.329. The van der Waals surface area contributed by atoms with Crippen molar-refractivity contribution in [3.63, 3.8) is 0 Å². The van der Waals surface area contributed by atoms with E-state index >= 15 is 0 Å². The molecule has 1 heterocycles. The van der Waals surface area contributed by atoms with Gasteiger partial charge in [-0.15, -0.1) is 0 Å². The molecule has 1 atom stereocenters. The third-order valence-corrected chi connectivity index (χ3v) is 4.57. The quantitative estimate of drug-likeness (QED) is 0.533. The van der Waals surface area contributed by atoms with Gasteiger partial charge >= 0.3 is 0 Å². The molecule has 2 aromatic rings. The van der Waals surface area contributed by atoms with Gasteiger partial charge in [-0.1, -0.05) is 18.2 Å². The lowest BCUT2D eigenvalue weighted by Gasteiger charge is -2.12. The molecule has 29 heavy (non-hydrogen) atoms. The summed E-state index contributed by atoms with van der Waals surface area (Å²) in [5.74, 6) is 1.13. The van der Waals surface area contributed by atoms with Crippen molar-refractivity contribution < 1.29 is 19.0 Å². The second-order valence-electron chi connectivity index (χ2n) is 6.49. The van der Waals surface area contributed by atoms with Gasteiger partial charge in [0.05, 0.1) is 13.2 Å². The van der Waals surface area contributed by atoms with Crippen molar-refractivity contribution in [2.24, 2.45) is 0 Å². The molecule has 0 aromatic heterocycles. The van der Waals surface area contributed by atoms with Crippen LogP contribution >= 0.6 is 12.2 Å². The van der Waals surface area contributed by atoms with Gasteiger partial charge in [-0.25, -0.2) is 0 Å². The van der Waals surface area contributed by atoms with Gasteiger partial charge in [-0.3, -0.25) is 10.1 Å². The molecule has 0 aliphatic carbocycles. The first-order valence-corrected chi connectivity index (χ1v) is 9.82. The van der Waals surface area contributed by atoms with Crippen LogP contribution in [-0.2, 0) is 9.53 Å². The number of hydrogen-bond acceptors (Lipinski definition) is 5. The minimum absolute atomic E-state index is 0.180. The average molecular weight is 413 g/mol. The number of thiocarbonyl (C=S) groups is 1. The Morgan fingerprint density at radius 3 is 2.76 bits per heavy atom. The number of carbonyl (C=O) groups excluding carboxylic acids is 1. The number of hydrogen-bond donors (Lipinski definition) is 2. The van der Waals surface area contributed by atoms with Crippen molar-refractivity contribution in [3.05, 3.63) is 60.2 Å². The standard InChI is InChI=1S/C22H24N2O4S/c1-26-20-7-3-2-5-16(20)8-13-21(25)24-22(29)23-17-9-11-18(12-10-17)28-15-19-6-4-14-27-19/h2-3,5,7-13,19H,4,6,14-15H2,1H3,(H2,23,24,25,29)/b13-8+/t19-/m0/s1. The predicted octanol–water partition coefficient (Wildman–Crippen LogP) is 3.78. The molecule has 152 valence electrons. The van der Waals surface area contributed by atoms with Gasteiger partial charge in [0.25, 0.3) is 0 Å². The van der Waals surface area contributed by atoms with E-state index in [0.29, 0.717) is 12.4 Å². The number of para-hydroxylation sites is 1. The van der Waals surface area contributed by atoms with Crippen LogP contribution < -0.4 is 20.1 Å². The molecule has 2 aromatic carbocycles. The highest BCUT2D eigenvalue weighted by atomic mass is 32.1. The van der Waals surface area contributed by atoms with Crippen molar-refractivity contribution in [2.45, 2.75) is 18.9 Å². The summed E-state index contributed by atoms with van der Waals surface area (Å²) < 4.78 is 16.5. The normalized spacial score (nSPS) is 15.8. The van der Waals surface area contributed by atoms with Crippen LogP contribution in [0, 0.1) is 0 Å². The summed E-state index contributed by atoms with van der Waals surface area (Å²) in [6.45, 7) is 1.37. The largest absolute Gasteiger partial charge is 0.496 e. The lowest BCUT2D eigenvalue weighted by atomic mass is 10.2. The Balaban J connectivity index is 1.45. The number of ether oxygens (including phenoxy) is 3. The van der Waals surface area contributed by atoms with Gasteiger partial charge in [-0.05, 0) is 61.5 Å². The van der Waals surface area contributed by atoms with Crippen LogP contribution in [0.3, 0.4) is 0 Å². The number of rotatable bonds is 7. The van der Waals surface area contributed by atoms with E-state index < -0.39 is 0 Å². The van der Waals surface area contributed by atoms with Crippen molar-refractivity contribution >= 4 is 35.0 Å². The predicted molar refractivity (Wildman–Crippen MR) is 117 cm³/mol. The van der Waals surface area contributed by atoms with Gasteiger partial charge in [-0.2, -0.15) is 0 Å². The number of amides is 1. The molecule has 3 rings (SSSR count). The SMILES string of the molecule is COc1ccccc1/C=C/C(=O)NC(=S)Nc1ccc(OC[C@@H]2CCCO2)cc1. The number of benzene rings is 2. The Morgan fingerprint density at radius 2 is 2.03 bits per heavy atom. The first-order chi connectivity index (χ1) is 14.1. The van der Waals surface area contributed by atoms with E-state index in [1.807, 2.05) is 48.5 Å². The molecule has 0 bridgehead atoms. The molecule has 1 fully saturated rings. The number of carbonyl (C=O) groups is 1. The molecule has 6 nitrogen and oxygen atoms in total. The van der Waals surface area contributed by atoms with E-state index in [1.165, 1.54) is 6.08 Å². The van der Waals surface area contributed by atoms with Gasteiger partial charge in [0.15, 0.2) is 5.11 Å². The van der Waals surface area contributed by atoms with Crippen LogP contribution in [0.5, 0.6) is 11.5 Å². The van der Waals surface area contributed by atoms with Crippen LogP contribution in [-0.4, -0.2) is 37.4 Å². The summed E-state index contributed by atoms with van der Waals surface area (Å²) in [5.41, 5.74) is 1.57. The topological polar surface area (TPSA) is 68.8 Å². The number of nitrogens with one attached hydrogen (secondary N) is 2. The summed E-state index contributed by atoms with van der Waals surface area (Å²) in [5, 5.41) is 5.81. The lowest BCUT2D eigenvalue weighted by Crippen LogP contribution is -2.32. The molecule has 0 unspecified atom stereocenters. The smallest absolute Gasteiger partial charge is 0.250 e. The van der Waals surface area contributed by atoms with E-state index in [2.05, 4.69) is 10.6 Å². The molecule has 7 heteroatoms. The van der Waals surface area contributed by atoms with Gasteiger partial charge in [0, 0.05) is 23.9 Å². The summed E-state index contributed by atoms with van der Waals surface area (Å²) in [4.78, 5) is 12.1. The van der Waals surface area contributed by atoms with E-state index in [9.17, 15) is 4.79 Å². The Hall–Kier alpha value is -2.90. The molecule has 1 aliphatic rings. The van der Waals surface area contributed by atoms with Crippen molar-refractivity contribution in [3.8, 4) is 11.5 Å². The second-order valence-corrected chi connectivity index (χ2v) is 6.90. The number of methoxy groups -OCH3 is 1. The Kier molecular flexibility index (Phi) is 7.61. The molecule has 1 saturated heterocycles. The fraction of sp³-hybridized carbons (Fsp3) is 0.273. The Labute approximate surface area is 175 Å². The third-order valence-electron chi connectivity index (χ3n) is 4.36. The molecule has 2 N–H and O–H groups in total. The fourth-order valence-electron chi connectivity index (χ4n) is 2.88. The van der Waals surface area contributed by atoms with Gasteiger partial charge < -0.3 is 19.5 Å². The van der Waals surface area contributed by atoms with E-state index in [4.69, 9.17) is 26.4 Å². The Bertz CT molecular complexity index is 861. The molecule has 1 aliphatic heterocycles. The third kappa shape index (κ3) is 6.58. The average Bonchev–Trinajstić information content (AvgIpc) is 3.25. The zero-order valence-corrected chi connectivity index (χ0v) is 17.0. The van der Waals surface area contributed by atoms with Crippen LogP contribution in [0.1, 0.15) is 18.4 Å². The summed E-state index contributed by atoms with van der Waals surface area (Å²) in [6, 6.07) is 14.8. The Morgan fingerprint density at radius 1 is 1.24 bits per heavy atom. The zero-order valence-electron chi connectivity index (χ0n) is 16.2. The van der Waals surface area contributed by atoms with Crippen molar-refractivity contribution in [1.29, 1.82) is 0 Å². The van der Waals surface area contributed by atoms with Crippen molar-refractivity contribution in [1.82, 2.24) is 5.32 Å². The minimum Gasteiger partial charge on any atom is -0.496 e. The van der Waals surface area contributed by atoms with E-state index in [-0.39, 0.29) is 17.1 Å². The fourth-order valence-corrected chi connectivity index (χ4v) is 3.10. The molecule has 0 saturated carbocycles. The zero-order chi connectivity index (χ0) is 20.5. The maximum absolute atomic E-state index is 12.1. The lowest BCUT2D eigenvalue weighted by molar-refractivity contribution is -0.115. The van der Waals surface area contributed by atoms with Gasteiger partial charge in [0.1, 0.15) is 18.1 Å². The number of anilines is 1. The molecule has 0 radical (unpaired) electrons. The second kappa shape index (κ2) is 10.6. The monoisotopic (exact) mass is 412 g/mol. The molecular formula is C22H24N2O4S. The maximum atomic E-state index is 12.1. The highest BCUT2D eigenvalue weighted by Gasteiger charge is 2.15. The summed E-state index contributed by atoms with van der Waals surface area (Å²) in [6.07, 6.45) is 5.40. The first kappa shape index (κ1) is 20.8. The first-order valence-electron chi connectivity index (χ1n) is 9.41. The molecule has 1 amide bonds. The van der Waals surface area contributed by atoms with Gasteiger partial charge in [0.2, 0.25) is 5.91 Å². The van der Waals surface area contributed by atoms with Crippen LogP contribution in [0.4, 0.5) is 5.69 Å². The van der Waals surface area contributed by atoms with Crippen LogP contribution in [0.2, 0.25) is 0 Å². The van der Waals surface area contributed by atoms with E-state index in [0.717, 1.165) is 36.4 Å². The van der Waals surface area contributed by atoms with E-state index in [1.54, 1.807) is 13.2 Å². The summed E-state index contributed by atoms with van der Waals surface area (Å²) >= 11 is 5.20. The van der Waals surface area contributed by atoms with Crippen LogP contribution in [0.25, 0.3) is 6.08 Å². The van der Waals surface area contributed by atoms with Crippen molar-refractivity contribution in [2.75, 3.05) is 25.6 Å². The highest BCUT2D eigenvalue weighted by Crippen LogP contribution is 2.19. The molecular weight excluding hydrogens is 388 g/mol. The maximum Gasteiger partial charge on any atom is 0.250 e.